The number of carbonyl (C=O) groups is 2. The Morgan fingerprint density at radius 2 is 1.91 bits per heavy atom. The van der Waals surface area contributed by atoms with Gasteiger partial charge in [-0.3, -0.25) is 24.3 Å². The number of carbonyl (C=O) groups excluding carboxylic acids is 2. The molecular weight excluding hydrogens is 393 g/mol. The van der Waals surface area contributed by atoms with Crippen LogP contribution in [0.5, 0.6) is 0 Å². The maximum Gasteiger partial charge on any atom is 0.262 e. The highest BCUT2D eigenvalue weighted by molar-refractivity contribution is 9.10. The number of hydrogen-bond acceptors (Lipinski definition) is 4. The van der Waals surface area contributed by atoms with Crippen molar-refractivity contribution in [1.29, 1.82) is 0 Å². The lowest BCUT2D eigenvalue weighted by Gasteiger charge is -2.16. The molecule has 6 nitrogen and oxygen atoms in total. The topological polar surface area (TPSA) is 94.2 Å². The lowest BCUT2D eigenvalue weighted by atomic mass is 10.1. The molecule has 2 aromatic rings. The van der Waals surface area contributed by atoms with Gasteiger partial charge in [0.2, 0.25) is 0 Å². The molecule has 0 fully saturated rings. The molecule has 0 unspecified atom stereocenters. The molecule has 0 saturated heterocycles. The average molecular weight is 401 g/mol. The summed E-state index contributed by atoms with van der Waals surface area (Å²) in [6.07, 6.45) is 0. The van der Waals surface area contributed by atoms with Crippen LogP contribution in [-0.2, 0) is 0 Å². The number of imide groups is 1. The SMILES string of the molecule is Cc1c(F)cc(Cl)c(-n2c(N)c3c(cc2=O)C(=O)NC3=O)c1Br. The summed E-state index contributed by atoms with van der Waals surface area (Å²) in [4.78, 5) is 35.9. The molecule has 118 valence electrons. The summed E-state index contributed by atoms with van der Waals surface area (Å²) in [7, 11) is 0. The molecule has 2 heterocycles. The summed E-state index contributed by atoms with van der Waals surface area (Å²) in [6, 6.07) is 2.04. The third-order valence-electron chi connectivity index (χ3n) is 3.55. The van der Waals surface area contributed by atoms with Gasteiger partial charge in [0.15, 0.2) is 0 Å². The minimum Gasteiger partial charge on any atom is -0.384 e. The second kappa shape index (κ2) is 5.17. The number of benzene rings is 1. The van der Waals surface area contributed by atoms with E-state index in [0.29, 0.717) is 0 Å². The van der Waals surface area contributed by atoms with Gasteiger partial charge >= 0.3 is 0 Å². The van der Waals surface area contributed by atoms with Crippen LogP contribution in [0.15, 0.2) is 21.4 Å². The Kier molecular flexibility index (Phi) is 3.53. The van der Waals surface area contributed by atoms with E-state index in [2.05, 4.69) is 21.2 Å². The number of aromatic nitrogens is 1. The second-order valence-corrected chi connectivity index (χ2v) is 6.10. The highest BCUT2D eigenvalue weighted by Crippen LogP contribution is 2.35. The van der Waals surface area contributed by atoms with Crippen LogP contribution in [0.25, 0.3) is 5.69 Å². The Labute approximate surface area is 142 Å². The first-order valence-electron chi connectivity index (χ1n) is 6.29. The largest absolute Gasteiger partial charge is 0.384 e. The normalized spacial score (nSPS) is 13.2. The Hall–Kier alpha value is -2.19. The van der Waals surface area contributed by atoms with Crippen molar-refractivity contribution in [2.75, 3.05) is 5.73 Å². The predicted octanol–water partition coefficient (Wildman–Crippen LogP) is 2.17. The minimum atomic E-state index is -0.706. The maximum atomic E-state index is 13.7. The summed E-state index contributed by atoms with van der Waals surface area (Å²) in [5.41, 5.74) is 5.37. The van der Waals surface area contributed by atoms with E-state index in [-0.39, 0.29) is 37.7 Å². The van der Waals surface area contributed by atoms with Crippen LogP contribution in [-0.4, -0.2) is 16.4 Å². The molecule has 0 bridgehead atoms. The van der Waals surface area contributed by atoms with Crippen molar-refractivity contribution in [2.45, 2.75) is 6.92 Å². The van der Waals surface area contributed by atoms with Gasteiger partial charge in [0.25, 0.3) is 17.4 Å². The van der Waals surface area contributed by atoms with Crippen molar-refractivity contribution >= 4 is 45.2 Å². The molecule has 3 rings (SSSR count). The van der Waals surface area contributed by atoms with Crippen molar-refractivity contribution in [3.05, 3.63) is 54.5 Å². The number of halogens is 3. The van der Waals surface area contributed by atoms with Crippen molar-refractivity contribution < 1.29 is 14.0 Å². The van der Waals surface area contributed by atoms with E-state index in [4.69, 9.17) is 17.3 Å². The van der Waals surface area contributed by atoms with Gasteiger partial charge < -0.3 is 5.73 Å². The third-order valence-corrected chi connectivity index (χ3v) is 4.81. The fraction of sp³-hybridized carbons (Fsp3) is 0.0714. The highest BCUT2D eigenvalue weighted by Gasteiger charge is 2.32. The van der Waals surface area contributed by atoms with Crippen LogP contribution in [0.2, 0.25) is 5.02 Å². The molecule has 1 aromatic carbocycles. The number of amides is 2. The number of pyridine rings is 1. The van der Waals surface area contributed by atoms with Crippen LogP contribution < -0.4 is 16.6 Å². The Morgan fingerprint density at radius 3 is 2.57 bits per heavy atom. The number of nitrogens with zero attached hydrogens (tertiary/aromatic N) is 1. The standard InChI is InChI=1S/C14H8BrClFN3O3/c1-4-7(17)3-6(16)11(10(4)15)20-8(21)2-5-9(12(20)18)14(23)19-13(5)22/h2-3H,18H2,1H3,(H,19,22,23). The number of nitrogen functional groups attached to an aromatic ring is 1. The summed E-state index contributed by atoms with van der Waals surface area (Å²) in [6.45, 7) is 1.49. The average Bonchev–Trinajstić information content (AvgIpc) is 2.74. The number of fused-ring (bicyclic) bond motifs is 1. The molecule has 23 heavy (non-hydrogen) atoms. The van der Waals surface area contributed by atoms with Gasteiger partial charge in [0.1, 0.15) is 11.6 Å². The predicted molar refractivity (Wildman–Crippen MR) is 85.7 cm³/mol. The molecule has 0 spiro atoms. The molecule has 1 aliphatic heterocycles. The molecule has 0 aliphatic carbocycles. The first-order valence-corrected chi connectivity index (χ1v) is 7.46. The van der Waals surface area contributed by atoms with Crippen LogP contribution >= 0.6 is 27.5 Å². The quantitative estimate of drug-likeness (QED) is 0.717. The zero-order valence-corrected chi connectivity index (χ0v) is 13.9. The molecule has 0 atom stereocenters. The Balaban J connectivity index is 2.43. The number of rotatable bonds is 1. The van der Waals surface area contributed by atoms with E-state index in [1.165, 1.54) is 6.92 Å². The third kappa shape index (κ3) is 2.17. The zero-order chi connectivity index (χ0) is 17.0. The van der Waals surface area contributed by atoms with Crippen molar-refractivity contribution in [1.82, 2.24) is 9.88 Å². The number of nitrogens with two attached hydrogens (primary N) is 1. The summed E-state index contributed by atoms with van der Waals surface area (Å²) < 4.78 is 14.9. The zero-order valence-electron chi connectivity index (χ0n) is 11.5. The van der Waals surface area contributed by atoms with Crippen LogP contribution in [0.1, 0.15) is 26.3 Å². The highest BCUT2D eigenvalue weighted by atomic mass is 79.9. The lowest BCUT2D eigenvalue weighted by molar-refractivity contribution is 0.0880. The van der Waals surface area contributed by atoms with Gasteiger partial charge in [-0.1, -0.05) is 11.6 Å². The molecule has 0 radical (unpaired) electrons. The van der Waals surface area contributed by atoms with E-state index in [1.807, 2.05) is 0 Å². The summed E-state index contributed by atoms with van der Waals surface area (Å²) in [5, 5.41) is 1.99. The van der Waals surface area contributed by atoms with Gasteiger partial charge in [0, 0.05) is 16.1 Å². The minimum absolute atomic E-state index is 0.0709. The van der Waals surface area contributed by atoms with Gasteiger partial charge in [-0.05, 0) is 28.9 Å². The number of hydrogen-bond donors (Lipinski definition) is 2. The molecular formula is C14H8BrClFN3O3. The van der Waals surface area contributed by atoms with Gasteiger partial charge in [-0.2, -0.15) is 0 Å². The molecule has 9 heteroatoms. The monoisotopic (exact) mass is 399 g/mol. The van der Waals surface area contributed by atoms with Crippen molar-refractivity contribution in [3.8, 4) is 5.69 Å². The summed E-state index contributed by atoms with van der Waals surface area (Å²) >= 11 is 9.24. The summed E-state index contributed by atoms with van der Waals surface area (Å²) in [5.74, 6) is -2.21. The van der Waals surface area contributed by atoms with Gasteiger partial charge in [-0.15, -0.1) is 0 Å². The fourth-order valence-corrected chi connectivity index (χ4v) is 3.36. The van der Waals surface area contributed by atoms with Crippen LogP contribution in [0.3, 0.4) is 0 Å². The van der Waals surface area contributed by atoms with Crippen molar-refractivity contribution in [3.63, 3.8) is 0 Å². The number of anilines is 1. The van der Waals surface area contributed by atoms with Gasteiger partial charge in [-0.25, -0.2) is 4.39 Å². The Morgan fingerprint density at radius 1 is 1.26 bits per heavy atom. The van der Waals surface area contributed by atoms with E-state index >= 15 is 0 Å². The first-order chi connectivity index (χ1) is 10.7. The molecule has 3 N–H and O–H groups in total. The van der Waals surface area contributed by atoms with E-state index in [0.717, 1.165) is 16.7 Å². The van der Waals surface area contributed by atoms with E-state index in [9.17, 15) is 18.8 Å². The fourth-order valence-electron chi connectivity index (χ4n) is 2.39. The maximum absolute atomic E-state index is 13.7. The molecule has 2 amide bonds. The second-order valence-electron chi connectivity index (χ2n) is 4.90. The van der Waals surface area contributed by atoms with E-state index < -0.39 is 23.2 Å². The number of nitrogens with one attached hydrogen (secondary N) is 1. The first kappa shape index (κ1) is 15.7. The van der Waals surface area contributed by atoms with Crippen LogP contribution in [0.4, 0.5) is 10.2 Å². The van der Waals surface area contributed by atoms with Crippen LogP contribution in [0, 0.1) is 12.7 Å². The van der Waals surface area contributed by atoms with Crippen molar-refractivity contribution in [2.24, 2.45) is 0 Å². The van der Waals surface area contributed by atoms with E-state index in [1.54, 1.807) is 0 Å². The molecule has 1 aromatic heterocycles. The lowest BCUT2D eigenvalue weighted by Crippen LogP contribution is -2.25. The smallest absolute Gasteiger partial charge is 0.262 e. The van der Waals surface area contributed by atoms with Gasteiger partial charge in [0.05, 0.1) is 21.8 Å². The molecule has 0 saturated carbocycles. The molecule has 1 aliphatic rings. The Bertz CT molecular complexity index is 971.